The minimum Gasteiger partial charge on any atom is -0.379 e. The lowest BCUT2D eigenvalue weighted by Gasteiger charge is -2.28. The Labute approximate surface area is 144 Å². The fraction of sp³-hybridized carbons (Fsp3) is 0.818. The van der Waals surface area contributed by atoms with Gasteiger partial charge in [0.1, 0.15) is 8.64 Å². The molecule has 0 spiro atoms. The molecule has 2 heterocycles. The van der Waals surface area contributed by atoms with E-state index in [0.29, 0.717) is 0 Å². The number of morpholine rings is 2. The van der Waals surface area contributed by atoms with Crippen LogP contribution in [-0.4, -0.2) is 76.4 Å². The molecule has 120 valence electrons. The van der Waals surface area contributed by atoms with Crippen molar-refractivity contribution in [2.24, 2.45) is 0 Å². The first-order valence-corrected chi connectivity index (χ1v) is 9.55. The van der Waals surface area contributed by atoms with Crippen molar-refractivity contribution in [3.8, 4) is 0 Å². The van der Waals surface area contributed by atoms with Gasteiger partial charge in [-0.3, -0.25) is 0 Å². The number of hydrazine groups is 2. The summed E-state index contributed by atoms with van der Waals surface area (Å²) in [5.74, 6) is 0. The Hall–Kier alpha value is 0.320. The van der Waals surface area contributed by atoms with E-state index in [4.69, 9.17) is 33.9 Å². The molecule has 21 heavy (non-hydrogen) atoms. The van der Waals surface area contributed by atoms with Gasteiger partial charge >= 0.3 is 0 Å². The average Bonchev–Trinajstić information content (AvgIpc) is 2.49. The summed E-state index contributed by atoms with van der Waals surface area (Å²) in [6.45, 7) is 6.47. The van der Waals surface area contributed by atoms with Crippen LogP contribution in [0.5, 0.6) is 0 Å². The molecule has 2 saturated heterocycles. The summed E-state index contributed by atoms with van der Waals surface area (Å²) in [4.78, 5) is 0. The van der Waals surface area contributed by atoms with Crippen LogP contribution in [0.2, 0.25) is 0 Å². The first-order chi connectivity index (χ1) is 10.2. The Morgan fingerprint density at radius 3 is 1.57 bits per heavy atom. The first kappa shape index (κ1) is 17.7. The van der Waals surface area contributed by atoms with Gasteiger partial charge in [-0.05, 0) is 0 Å². The van der Waals surface area contributed by atoms with Crippen molar-refractivity contribution in [2.45, 2.75) is 0 Å². The molecule has 2 aliphatic heterocycles. The van der Waals surface area contributed by atoms with Crippen molar-refractivity contribution < 1.29 is 9.47 Å². The zero-order valence-corrected chi connectivity index (χ0v) is 15.0. The molecule has 0 aliphatic carbocycles. The standard InChI is InChI=1S/C11H20N4O2S4/c18-10(12-14-1-5-16-6-2-14)20-9-21-11(19)13-15-3-7-17-8-4-15/h1-9H2,(H,12,18)(H,13,19). The van der Waals surface area contributed by atoms with Crippen molar-refractivity contribution in [1.82, 2.24) is 20.9 Å². The van der Waals surface area contributed by atoms with E-state index in [1.54, 1.807) is 23.5 Å². The highest BCUT2D eigenvalue weighted by molar-refractivity contribution is 8.35. The highest BCUT2D eigenvalue weighted by Crippen LogP contribution is 2.14. The molecule has 0 bridgehead atoms. The smallest absolute Gasteiger partial charge is 0.149 e. The quantitative estimate of drug-likeness (QED) is 0.546. The number of ether oxygens (including phenoxy) is 2. The van der Waals surface area contributed by atoms with Crippen LogP contribution in [0.3, 0.4) is 0 Å². The number of thiocarbonyl (C=S) groups is 2. The number of hydrogen-bond donors (Lipinski definition) is 2. The van der Waals surface area contributed by atoms with Crippen molar-refractivity contribution in [1.29, 1.82) is 0 Å². The van der Waals surface area contributed by atoms with Crippen LogP contribution in [0.25, 0.3) is 0 Å². The van der Waals surface area contributed by atoms with E-state index in [9.17, 15) is 0 Å². The van der Waals surface area contributed by atoms with Crippen LogP contribution < -0.4 is 10.9 Å². The lowest BCUT2D eigenvalue weighted by atomic mass is 10.5. The van der Waals surface area contributed by atoms with E-state index in [2.05, 4.69) is 20.9 Å². The van der Waals surface area contributed by atoms with Gasteiger partial charge < -0.3 is 20.3 Å². The molecule has 0 aromatic heterocycles. The summed E-state index contributed by atoms with van der Waals surface area (Å²) in [7, 11) is 0. The average molecular weight is 369 g/mol. The third-order valence-electron chi connectivity index (χ3n) is 2.90. The van der Waals surface area contributed by atoms with Gasteiger partial charge in [0.05, 0.1) is 31.5 Å². The summed E-state index contributed by atoms with van der Waals surface area (Å²) in [5.41, 5.74) is 6.44. The summed E-state index contributed by atoms with van der Waals surface area (Å²) >= 11 is 13.8. The van der Waals surface area contributed by atoms with E-state index in [1.165, 1.54) is 0 Å². The number of nitrogens with zero attached hydrogens (tertiary/aromatic N) is 2. The van der Waals surface area contributed by atoms with E-state index in [0.717, 1.165) is 66.3 Å². The zero-order chi connectivity index (χ0) is 14.9. The molecule has 0 aromatic rings. The molecule has 10 heteroatoms. The van der Waals surface area contributed by atoms with Gasteiger partial charge in [-0.1, -0.05) is 48.0 Å². The largest absolute Gasteiger partial charge is 0.379 e. The molecule has 0 saturated carbocycles. The van der Waals surface area contributed by atoms with Crippen LogP contribution in [-0.2, 0) is 9.47 Å². The molecule has 2 aliphatic rings. The lowest BCUT2D eigenvalue weighted by molar-refractivity contribution is 0.0257. The second-order valence-corrected chi connectivity index (χ2v) is 8.07. The molecule has 0 radical (unpaired) electrons. The van der Waals surface area contributed by atoms with Crippen molar-refractivity contribution in [3.63, 3.8) is 0 Å². The van der Waals surface area contributed by atoms with Gasteiger partial charge in [0, 0.05) is 26.2 Å². The highest BCUT2D eigenvalue weighted by Gasteiger charge is 2.13. The van der Waals surface area contributed by atoms with E-state index >= 15 is 0 Å². The Morgan fingerprint density at radius 2 is 1.19 bits per heavy atom. The lowest BCUT2D eigenvalue weighted by Crippen LogP contribution is -2.47. The van der Waals surface area contributed by atoms with Crippen molar-refractivity contribution in [2.75, 3.05) is 57.7 Å². The van der Waals surface area contributed by atoms with E-state index < -0.39 is 0 Å². The Morgan fingerprint density at radius 1 is 0.810 bits per heavy atom. The molecule has 2 N–H and O–H groups in total. The topological polar surface area (TPSA) is 49.0 Å². The van der Waals surface area contributed by atoms with Crippen molar-refractivity contribution in [3.05, 3.63) is 0 Å². The predicted octanol–water partition coefficient (Wildman–Crippen LogP) is 0.654. The minimum absolute atomic E-state index is 0.753. The molecular formula is C11H20N4O2S4. The second-order valence-electron chi connectivity index (χ2n) is 4.40. The summed E-state index contributed by atoms with van der Waals surface area (Å²) in [6, 6.07) is 0. The third-order valence-corrected chi connectivity index (χ3v) is 5.44. The van der Waals surface area contributed by atoms with Crippen LogP contribution in [0.4, 0.5) is 0 Å². The van der Waals surface area contributed by atoms with Gasteiger partial charge in [0.2, 0.25) is 0 Å². The monoisotopic (exact) mass is 368 g/mol. The molecule has 0 aromatic carbocycles. The SMILES string of the molecule is S=C(NN1CCOCC1)SCSC(=S)NN1CCOCC1. The van der Waals surface area contributed by atoms with E-state index in [1.807, 2.05) is 0 Å². The molecular weight excluding hydrogens is 348 g/mol. The second kappa shape index (κ2) is 10.2. The van der Waals surface area contributed by atoms with Gasteiger partial charge in [-0.2, -0.15) is 0 Å². The van der Waals surface area contributed by atoms with Gasteiger partial charge in [-0.25, -0.2) is 10.0 Å². The van der Waals surface area contributed by atoms with E-state index in [-0.39, 0.29) is 0 Å². The number of rotatable bonds is 4. The molecule has 2 fully saturated rings. The number of nitrogens with one attached hydrogen (secondary N) is 2. The van der Waals surface area contributed by atoms with Crippen molar-refractivity contribution >= 4 is 56.6 Å². The molecule has 6 nitrogen and oxygen atoms in total. The van der Waals surface area contributed by atoms with Gasteiger partial charge in [-0.15, -0.1) is 0 Å². The van der Waals surface area contributed by atoms with Crippen LogP contribution >= 0.6 is 48.0 Å². The minimum atomic E-state index is 0.753. The number of hydrogen-bond acceptors (Lipinski definition) is 8. The fourth-order valence-electron chi connectivity index (χ4n) is 1.81. The van der Waals surface area contributed by atoms with Gasteiger partial charge in [0.15, 0.2) is 0 Å². The van der Waals surface area contributed by atoms with Crippen LogP contribution in [0.1, 0.15) is 0 Å². The molecule has 0 amide bonds. The Bertz CT molecular complexity index is 317. The molecule has 2 rings (SSSR count). The van der Waals surface area contributed by atoms with Gasteiger partial charge in [0.25, 0.3) is 0 Å². The zero-order valence-electron chi connectivity index (χ0n) is 11.7. The van der Waals surface area contributed by atoms with Crippen LogP contribution in [0, 0.1) is 0 Å². The fourth-order valence-corrected chi connectivity index (χ4v) is 4.41. The summed E-state index contributed by atoms with van der Waals surface area (Å²) in [6.07, 6.45) is 0. The number of thioether (sulfide) groups is 2. The van der Waals surface area contributed by atoms with Crippen LogP contribution in [0.15, 0.2) is 0 Å². The Balaban J connectivity index is 1.53. The molecule has 0 atom stereocenters. The third kappa shape index (κ3) is 7.42. The Kier molecular flexibility index (Phi) is 8.55. The molecule has 0 unspecified atom stereocenters. The maximum atomic E-state index is 5.31. The highest BCUT2D eigenvalue weighted by atomic mass is 32.2. The predicted molar refractivity (Wildman–Crippen MR) is 96.3 cm³/mol. The summed E-state index contributed by atoms with van der Waals surface area (Å²) in [5, 5.41) is 4.98. The normalized spacial score (nSPS) is 21.0. The maximum Gasteiger partial charge on any atom is 0.149 e. The first-order valence-electron chi connectivity index (χ1n) is 6.76. The maximum absolute atomic E-state index is 5.31. The summed E-state index contributed by atoms with van der Waals surface area (Å²) < 4.78 is 12.1.